The molecule has 0 aromatic heterocycles. The predicted octanol–water partition coefficient (Wildman–Crippen LogP) is 4.05. The summed E-state index contributed by atoms with van der Waals surface area (Å²) in [6.45, 7) is -0.264. The summed E-state index contributed by atoms with van der Waals surface area (Å²) in [7, 11) is 0. The molecule has 0 aliphatic heterocycles. The number of nitrogens with one attached hydrogen (secondary N) is 1. The molecule has 3 rings (SSSR count). The highest BCUT2D eigenvalue weighted by Crippen LogP contribution is 2.31. The molecule has 0 aliphatic rings. The van der Waals surface area contributed by atoms with Crippen LogP contribution in [-0.4, -0.2) is 23.8 Å². The minimum Gasteiger partial charge on any atom is -0.481 e. The Balaban J connectivity index is 1.74. The van der Waals surface area contributed by atoms with Crippen molar-refractivity contribution in [2.45, 2.75) is 6.61 Å². The molecule has 0 heterocycles. The number of hydrogen-bond acceptors (Lipinski definition) is 4. The highest BCUT2D eigenvalue weighted by Gasteiger charge is 2.11. The van der Waals surface area contributed by atoms with Gasteiger partial charge in [0.25, 0.3) is 0 Å². The molecule has 3 aromatic carbocycles. The number of anilines is 1. The van der Waals surface area contributed by atoms with E-state index in [1.807, 2.05) is 48.5 Å². The first kappa shape index (κ1) is 17.3. The van der Waals surface area contributed by atoms with E-state index in [-0.39, 0.29) is 6.61 Å². The second-order valence-corrected chi connectivity index (χ2v) is 5.53. The zero-order valence-corrected chi connectivity index (χ0v) is 13.8. The molecule has 0 aliphatic carbocycles. The summed E-state index contributed by atoms with van der Waals surface area (Å²) in [5.41, 5.74) is 1.45. The number of ether oxygens (including phenoxy) is 2. The maximum atomic E-state index is 12.1. The van der Waals surface area contributed by atoms with E-state index >= 15 is 0 Å². The maximum absolute atomic E-state index is 12.1. The van der Waals surface area contributed by atoms with Gasteiger partial charge in [-0.2, -0.15) is 0 Å². The number of carboxylic acid groups (broad SMARTS) is 1. The van der Waals surface area contributed by atoms with Gasteiger partial charge in [-0.05, 0) is 17.7 Å². The Bertz CT molecular complexity index is 924. The zero-order chi connectivity index (χ0) is 18.4. The van der Waals surface area contributed by atoms with Crippen molar-refractivity contribution in [2.24, 2.45) is 0 Å². The van der Waals surface area contributed by atoms with Crippen molar-refractivity contribution in [1.29, 1.82) is 0 Å². The molecule has 2 N–H and O–H groups in total. The smallest absolute Gasteiger partial charge is 0.411 e. The third-order valence-electron chi connectivity index (χ3n) is 3.68. The van der Waals surface area contributed by atoms with Crippen LogP contribution in [0.4, 0.5) is 10.5 Å². The molecule has 0 radical (unpaired) electrons. The van der Waals surface area contributed by atoms with E-state index < -0.39 is 18.7 Å². The van der Waals surface area contributed by atoms with Crippen molar-refractivity contribution in [3.63, 3.8) is 0 Å². The molecule has 0 fully saturated rings. The molecule has 0 unspecified atom stereocenters. The first-order valence-electron chi connectivity index (χ1n) is 7.97. The van der Waals surface area contributed by atoms with Gasteiger partial charge < -0.3 is 14.6 Å². The van der Waals surface area contributed by atoms with Crippen LogP contribution in [-0.2, 0) is 16.1 Å². The van der Waals surface area contributed by atoms with Crippen LogP contribution in [0.25, 0.3) is 10.8 Å². The lowest BCUT2D eigenvalue weighted by molar-refractivity contribution is -0.139. The first-order valence-corrected chi connectivity index (χ1v) is 7.97. The molecule has 6 heteroatoms. The average Bonchev–Trinajstić information content (AvgIpc) is 2.66. The molecule has 132 valence electrons. The molecule has 0 spiro atoms. The number of carbonyl (C=O) groups is 2. The standard InChI is InChI=1S/C20H17NO5/c22-19(23)13-25-18-11-10-17(15-8-4-5-9-16(15)18)21-20(24)26-12-14-6-2-1-3-7-14/h1-11H,12-13H2,(H,21,24)(H,22,23). The normalized spacial score (nSPS) is 10.3. The quantitative estimate of drug-likeness (QED) is 0.700. The van der Waals surface area contributed by atoms with Crippen LogP contribution in [0.5, 0.6) is 5.75 Å². The summed E-state index contributed by atoms with van der Waals surface area (Å²) >= 11 is 0. The van der Waals surface area contributed by atoms with Crippen LogP contribution in [0.15, 0.2) is 66.7 Å². The monoisotopic (exact) mass is 351 g/mol. The number of rotatable bonds is 6. The third kappa shape index (κ3) is 4.30. The van der Waals surface area contributed by atoms with Crippen LogP contribution in [0, 0.1) is 0 Å². The van der Waals surface area contributed by atoms with Gasteiger partial charge in [0, 0.05) is 10.8 Å². The van der Waals surface area contributed by atoms with Gasteiger partial charge in [-0.3, -0.25) is 5.32 Å². The summed E-state index contributed by atoms with van der Waals surface area (Å²) in [4.78, 5) is 22.8. The van der Waals surface area contributed by atoms with Gasteiger partial charge in [0.2, 0.25) is 0 Å². The molecular formula is C20H17NO5. The molecule has 3 aromatic rings. The Morgan fingerprint density at radius 1 is 0.885 bits per heavy atom. The number of carboxylic acids is 1. The number of amides is 1. The summed E-state index contributed by atoms with van der Waals surface area (Å²) < 4.78 is 10.5. The number of hydrogen-bond donors (Lipinski definition) is 2. The number of benzene rings is 3. The van der Waals surface area contributed by atoms with Gasteiger partial charge in [0.05, 0.1) is 5.69 Å². The topological polar surface area (TPSA) is 84.9 Å². The number of aliphatic carboxylic acids is 1. The molecule has 1 amide bonds. The van der Waals surface area contributed by atoms with Crippen LogP contribution in [0.1, 0.15) is 5.56 Å². The van der Waals surface area contributed by atoms with Gasteiger partial charge in [-0.15, -0.1) is 0 Å². The lowest BCUT2D eigenvalue weighted by atomic mass is 10.1. The van der Waals surface area contributed by atoms with Crippen molar-refractivity contribution in [3.8, 4) is 5.75 Å². The molecule has 0 saturated heterocycles. The van der Waals surface area contributed by atoms with Gasteiger partial charge in [0.15, 0.2) is 6.61 Å². The molecule has 0 atom stereocenters. The lowest BCUT2D eigenvalue weighted by Gasteiger charge is -2.13. The molecule has 6 nitrogen and oxygen atoms in total. The van der Waals surface area contributed by atoms with Crippen LogP contribution in [0.2, 0.25) is 0 Å². The predicted molar refractivity (Wildman–Crippen MR) is 97.3 cm³/mol. The van der Waals surface area contributed by atoms with E-state index in [0.29, 0.717) is 16.8 Å². The molecule has 0 bridgehead atoms. The van der Waals surface area contributed by atoms with E-state index in [1.165, 1.54) is 0 Å². The van der Waals surface area contributed by atoms with E-state index in [1.54, 1.807) is 18.2 Å². The van der Waals surface area contributed by atoms with Crippen LogP contribution >= 0.6 is 0 Å². The summed E-state index contributed by atoms with van der Waals surface area (Å²) in [5.74, 6) is -0.619. The fourth-order valence-electron chi connectivity index (χ4n) is 2.51. The summed E-state index contributed by atoms with van der Waals surface area (Å²) in [5, 5.41) is 12.9. The Morgan fingerprint density at radius 2 is 1.58 bits per heavy atom. The van der Waals surface area contributed by atoms with Gasteiger partial charge >= 0.3 is 12.1 Å². The zero-order valence-electron chi connectivity index (χ0n) is 13.8. The summed E-state index contributed by atoms with van der Waals surface area (Å²) in [6.07, 6.45) is -0.571. The van der Waals surface area contributed by atoms with Crippen molar-refractivity contribution in [3.05, 3.63) is 72.3 Å². The van der Waals surface area contributed by atoms with Crippen LogP contribution in [0.3, 0.4) is 0 Å². The molecule has 26 heavy (non-hydrogen) atoms. The van der Waals surface area contributed by atoms with E-state index in [4.69, 9.17) is 14.6 Å². The Morgan fingerprint density at radius 3 is 2.31 bits per heavy atom. The van der Waals surface area contributed by atoms with Crippen molar-refractivity contribution in [1.82, 2.24) is 0 Å². The largest absolute Gasteiger partial charge is 0.481 e. The van der Waals surface area contributed by atoms with E-state index in [9.17, 15) is 9.59 Å². The number of fused-ring (bicyclic) bond motifs is 1. The van der Waals surface area contributed by atoms with Gasteiger partial charge in [-0.1, -0.05) is 54.6 Å². The Hall–Kier alpha value is -3.54. The van der Waals surface area contributed by atoms with Gasteiger partial charge in [-0.25, -0.2) is 9.59 Å². The number of carbonyl (C=O) groups excluding carboxylic acids is 1. The van der Waals surface area contributed by atoms with E-state index in [0.717, 1.165) is 10.9 Å². The fourth-order valence-corrected chi connectivity index (χ4v) is 2.51. The molecular weight excluding hydrogens is 334 g/mol. The second kappa shape index (κ2) is 8.02. The SMILES string of the molecule is O=C(O)COc1ccc(NC(=O)OCc2ccccc2)c2ccccc12. The third-order valence-corrected chi connectivity index (χ3v) is 3.68. The molecule has 0 saturated carbocycles. The van der Waals surface area contributed by atoms with Crippen molar-refractivity contribution >= 4 is 28.5 Å². The average molecular weight is 351 g/mol. The Labute approximate surface area is 150 Å². The highest BCUT2D eigenvalue weighted by molar-refractivity contribution is 6.02. The Kier molecular flexibility index (Phi) is 5.34. The first-order chi connectivity index (χ1) is 12.6. The van der Waals surface area contributed by atoms with Gasteiger partial charge in [0.1, 0.15) is 12.4 Å². The highest BCUT2D eigenvalue weighted by atomic mass is 16.5. The summed E-state index contributed by atoms with van der Waals surface area (Å²) in [6, 6.07) is 19.9. The fraction of sp³-hybridized carbons (Fsp3) is 0.100. The van der Waals surface area contributed by atoms with Crippen molar-refractivity contribution in [2.75, 3.05) is 11.9 Å². The minimum absolute atomic E-state index is 0.171. The van der Waals surface area contributed by atoms with Crippen molar-refractivity contribution < 1.29 is 24.2 Å². The van der Waals surface area contributed by atoms with E-state index in [2.05, 4.69) is 5.32 Å². The maximum Gasteiger partial charge on any atom is 0.411 e. The minimum atomic E-state index is -1.05. The lowest BCUT2D eigenvalue weighted by Crippen LogP contribution is -2.14. The second-order valence-electron chi connectivity index (χ2n) is 5.53. The van der Waals surface area contributed by atoms with Crippen LogP contribution < -0.4 is 10.1 Å².